The molecule has 0 radical (unpaired) electrons. The van der Waals surface area contributed by atoms with Crippen LogP contribution in [0, 0.1) is 0 Å². The van der Waals surface area contributed by atoms with Gasteiger partial charge in [0.25, 0.3) is 10.1 Å². The van der Waals surface area contributed by atoms with E-state index in [0.717, 1.165) is 36.7 Å². The first-order chi connectivity index (χ1) is 11.0. The number of benzene rings is 1. The molecule has 1 aromatic rings. The summed E-state index contributed by atoms with van der Waals surface area (Å²) in [6, 6.07) is 7.57. The summed E-state index contributed by atoms with van der Waals surface area (Å²) < 4.78 is 45.2. The van der Waals surface area contributed by atoms with E-state index in [1.165, 1.54) is 0 Å². The van der Waals surface area contributed by atoms with Gasteiger partial charge in [-0.2, -0.15) is 8.42 Å². The standard InChI is InChI=1S/C13H17NO4S.CH3ClO2S/c1-19(16,17)18-9-7-11-4-2-5-12(10-11)14-8-3-6-13(14)15;1-5(2,3)4/h2,4-5,10H,3,6-9H2,1H3;1H3. The van der Waals surface area contributed by atoms with Crippen molar-refractivity contribution in [2.75, 3.05) is 30.6 Å². The number of anilines is 1. The number of hydrogen-bond donors (Lipinski definition) is 0. The molecule has 0 saturated carbocycles. The van der Waals surface area contributed by atoms with Gasteiger partial charge in [0.2, 0.25) is 15.0 Å². The molecule has 10 heteroatoms. The lowest BCUT2D eigenvalue weighted by atomic mass is 10.1. The number of hydrogen-bond acceptors (Lipinski definition) is 6. The summed E-state index contributed by atoms with van der Waals surface area (Å²) in [5.74, 6) is 0.143. The summed E-state index contributed by atoms with van der Waals surface area (Å²) in [5, 5.41) is 0. The molecule has 1 fully saturated rings. The van der Waals surface area contributed by atoms with Gasteiger partial charge in [0.15, 0.2) is 0 Å². The highest BCUT2D eigenvalue weighted by molar-refractivity contribution is 8.13. The quantitative estimate of drug-likeness (QED) is 0.551. The van der Waals surface area contributed by atoms with Gasteiger partial charge in [0, 0.05) is 29.3 Å². The smallest absolute Gasteiger partial charge is 0.264 e. The van der Waals surface area contributed by atoms with E-state index < -0.39 is 19.2 Å². The van der Waals surface area contributed by atoms with Crippen molar-refractivity contribution in [2.45, 2.75) is 19.3 Å². The first-order valence-corrected chi connectivity index (χ1v) is 11.6. The molecule has 1 heterocycles. The second kappa shape index (κ2) is 8.80. The number of halogens is 1. The molecule has 2 rings (SSSR count). The number of rotatable bonds is 5. The Morgan fingerprint density at radius 1 is 1.21 bits per heavy atom. The predicted molar refractivity (Wildman–Crippen MR) is 93.2 cm³/mol. The Morgan fingerprint density at radius 2 is 1.83 bits per heavy atom. The minimum absolute atomic E-state index is 0.121. The Kier molecular flexibility index (Phi) is 7.65. The Morgan fingerprint density at radius 3 is 2.33 bits per heavy atom. The van der Waals surface area contributed by atoms with Crippen molar-refractivity contribution in [1.29, 1.82) is 0 Å². The van der Waals surface area contributed by atoms with Crippen LogP contribution in [0.1, 0.15) is 18.4 Å². The summed E-state index contributed by atoms with van der Waals surface area (Å²) in [5.41, 5.74) is 1.83. The molecule has 1 amide bonds. The van der Waals surface area contributed by atoms with Gasteiger partial charge in [-0.15, -0.1) is 0 Å². The molecule has 1 saturated heterocycles. The zero-order valence-electron chi connectivity index (χ0n) is 13.4. The van der Waals surface area contributed by atoms with Gasteiger partial charge in [-0.25, -0.2) is 8.42 Å². The third-order valence-electron chi connectivity index (χ3n) is 2.98. The van der Waals surface area contributed by atoms with Gasteiger partial charge in [0.05, 0.1) is 19.1 Å². The van der Waals surface area contributed by atoms with Crippen LogP contribution in [0.2, 0.25) is 0 Å². The second-order valence-electron chi connectivity index (χ2n) is 5.28. The van der Waals surface area contributed by atoms with Crippen LogP contribution in [0.4, 0.5) is 5.69 Å². The van der Waals surface area contributed by atoms with Crippen molar-refractivity contribution in [3.8, 4) is 0 Å². The summed E-state index contributed by atoms with van der Waals surface area (Å²) in [4.78, 5) is 13.4. The Hall–Kier alpha value is -1.16. The third-order valence-corrected chi connectivity index (χ3v) is 3.58. The van der Waals surface area contributed by atoms with E-state index in [4.69, 9.17) is 4.18 Å². The molecule has 0 unspecified atom stereocenters. The van der Waals surface area contributed by atoms with E-state index in [-0.39, 0.29) is 12.5 Å². The van der Waals surface area contributed by atoms with Crippen molar-refractivity contribution in [3.05, 3.63) is 29.8 Å². The van der Waals surface area contributed by atoms with Crippen LogP contribution in [0.15, 0.2) is 24.3 Å². The van der Waals surface area contributed by atoms with Crippen LogP contribution in [-0.2, 0) is 34.6 Å². The molecule has 0 N–H and O–H groups in total. The van der Waals surface area contributed by atoms with E-state index in [2.05, 4.69) is 10.7 Å². The molecule has 1 aliphatic heterocycles. The highest BCUT2D eigenvalue weighted by Gasteiger charge is 2.21. The van der Waals surface area contributed by atoms with Crippen molar-refractivity contribution in [2.24, 2.45) is 0 Å². The molecule has 1 aromatic carbocycles. The molecule has 0 spiro atoms. The van der Waals surface area contributed by atoms with E-state index >= 15 is 0 Å². The number of nitrogens with zero attached hydrogens (tertiary/aromatic N) is 1. The van der Waals surface area contributed by atoms with Crippen LogP contribution >= 0.6 is 10.7 Å². The summed E-state index contributed by atoms with van der Waals surface area (Å²) >= 11 is 0. The number of carbonyl (C=O) groups is 1. The molecule has 0 aliphatic carbocycles. The van der Waals surface area contributed by atoms with E-state index in [0.29, 0.717) is 12.8 Å². The van der Waals surface area contributed by atoms with Crippen LogP contribution in [0.5, 0.6) is 0 Å². The molecule has 24 heavy (non-hydrogen) atoms. The molecular formula is C14H20ClNO6S2. The van der Waals surface area contributed by atoms with Crippen molar-refractivity contribution in [3.63, 3.8) is 0 Å². The Labute approximate surface area is 147 Å². The fraction of sp³-hybridized carbons (Fsp3) is 0.500. The fourth-order valence-electron chi connectivity index (χ4n) is 2.11. The lowest BCUT2D eigenvalue weighted by Gasteiger charge is -2.16. The van der Waals surface area contributed by atoms with Gasteiger partial charge in [-0.3, -0.25) is 8.98 Å². The first kappa shape index (κ1) is 20.9. The highest BCUT2D eigenvalue weighted by atomic mass is 35.7. The van der Waals surface area contributed by atoms with Gasteiger partial charge < -0.3 is 4.90 Å². The lowest BCUT2D eigenvalue weighted by molar-refractivity contribution is -0.117. The average molecular weight is 398 g/mol. The molecule has 0 bridgehead atoms. The first-order valence-electron chi connectivity index (χ1n) is 7.09. The second-order valence-corrected chi connectivity index (χ2v) is 9.97. The minimum Gasteiger partial charge on any atom is -0.312 e. The highest BCUT2D eigenvalue weighted by Crippen LogP contribution is 2.22. The van der Waals surface area contributed by atoms with Crippen LogP contribution in [0.25, 0.3) is 0 Å². The molecule has 1 aliphatic rings. The summed E-state index contributed by atoms with van der Waals surface area (Å²) in [7, 11) is -2.09. The zero-order valence-corrected chi connectivity index (χ0v) is 15.8. The largest absolute Gasteiger partial charge is 0.312 e. The lowest BCUT2D eigenvalue weighted by Crippen LogP contribution is -2.23. The molecule has 0 aromatic heterocycles. The van der Waals surface area contributed by atoms with Crippen LogP contribution in [0.3, 0.4) is 0 Å². The maximum absolute atomic E-state index is 11.7. The Balaban J connectivity index is 0.000000505. The average Bonchev–Trinajstić information content (AvgIpc) is 2.82. The van der Waals surface area contributed by atoms with Crippen molar-refractivity contribution >= 4 is 41.4 Å². The zero-order chi connectivity index (χ0) is 18.4. The van der Waals surface area contributed by atoms with Crippen molar-refractivity contribution in [1.82, 2.24) is 0 Å². The molecule has 0 atom stereocenters. The SMILES string of the molecule is CS(=O)(=O)Cl.CS(=O)(=O)OCCc1cccc(N2CCCC2=O)c1. The predicted octanol–water partition coefficient (Wildman–Crippen LogP) is 1.52. The van der Waals surface area contributed by atoms with Gasteiger partial charge in [-0.05, 0) is 30.5 Å². The molecule has 136 valence electrons. The number of carbonyl (C=O) groups excluding carboxylic acids is 1. The van der Waals surface area contributed by atoms with E-state index in [9.17, 15) is 21.6 Å². The molecular weight excluding hydrogens is 378 g/mol. The Bertz CT molecular complexity index is 768. The van der Waals surface area contributed by atoms with Crippen LogP contribution < -0.4 is 4.90 Å². The van der Waals surface area contributed by atoms with Crippen molar-refractivity contribution < 1.29 is 25.8 Å². The molecule has 7 nitrogen and oxygen atoms in total. The van der Waals surface area contributed by atoms with Gasteiger partial charge >= 0.3 is 0 Å². The topological polar surface area (TPSA) is 97.8 Å². The monoisotopic (exact) mass is 397 g/mol. The minimum atomic E-state index is -3.39. The normalized spacial score (nSPS) is 15.1. The third kappa shape index (κ3) is 9.21. The summed E-state index contributed by atoms with van der Waals surface area (Å²) in [6.45, 7) is 0.873. The van der Waals surface area contributed by atoms with E-state index in [1.807, 2.05) is 24.3 Å². The summed E-state index contributed by atoms with van der Waals surface area (Å²) in [6.07, 6.45) is 3.95. The maximum Gasteiger partial charge on any atom is 0.264 e. The maximum atomic E-state index is 11.7. The van der Waals surface area contributed by atoms with Gasteiger partial charge in [-0.1, -0.05) is 12.1 Å². The van der Waals surface area contributed by atoms with Gasteiger partial charge in [0.1, 0.15) is 0 Å². The number of amides is 1. The van der Waals surface area contributed by atoms with Crippen LogP contribution in [-0.4, -0.2) is 48.4 Å². The fourth-order valence-corrected chi connectivity index (χ4v) is 2.50. The van der Waals surface area contributed by atoms with E-state index in [1.54, 1.807) is 4.90 Å².